The number of halogens is 1. The number of nitrogens with one attached hydrogen (secondary N) is 1. The van der Waals surface area contributed by atoms with Crippen LogP contribution in [0, 0.1) is 11.7 Å². The van der Waals surface area contributed by atoms with E-state index in [4.69, 9.17) is 9.84 Å². The number of hydrogen-bond acceptors (Lipinski definition) is 2. The van der Waals surface area contributed by atoms with Crippen molar-refractivity contribution >= 4 is 6.09 Å². The largest absolute Gasteiger partial charge is 0.465 e. The zero-order valence-corrected chi connectivity index (χ0v) is 9.93. The van der Waals surface area contributed by atoms with Crippen molar-refractivity contribution in [1.29, 1.82) is 0 Å². The van der Waals surface area contributed by atoms with Gasteiger partial charge in [0.15, 0.2) is 0 Å². The molecule has 1 aliphatic carbocycles. The Morgan fingerprint density at radius 2 is 2.06 bits per heavy atom. The molecule has 1 aromatic rings. The Balaban J connectivity index is 1.60. The number of ether oxygens (including phenoxy) is 1. The van der Waals surface area contributed by atoms with Crippen LogP contribution in [0.4, 0.5) is 9.18 Å². The highest BCUT2D eigenvalue weighted by molar-refractivity contribution is 5.65. The molecule has 0 aliphatic heterocycles. The standard InChI is InChI=1S/C13H16FNO3/c14-11-3-1-9(2-4-11)7-18-8-10-5-12(6-10)15-13(16)17/h1-4,10,12,15H,5-8H2,(H,16,17)/t10-,12+. The minimum atomic E-state index is -0.967. The van der Waals surface area contributed by atoms with Crippen LogP contribution < -0.4 is 5.32 Å². The summed E-state index contributed by atoms with van der Waals surface area (Å²) in [6, 6.07) is 6.29. The van der Waals surface area contributed by atoms with Crippen LogP contribution >= 0.6 is 0 Å². The van der Waals surface area contributed by atoms with Gasteiger partial charge in [-0.2, -0.15) is 0 Å². The molecule has 1 saturated carbocycles. The van der Waals surface area contributed by atoms with Crippen LogP contribution in [0.25, 0.3) is 0 Å². The van der Waals surface area contributed by atoms with Gasteiger partial charge >= 0.3 is 6.09 Å². The number of amides is 1. The predicted octanol–water partition coefficient (Wildman–Crippen LogP) is 2.39. The van der Waals surface area contributed by atoms with Crippen molar-refractivity contribution in [2.75, 3.05) is 6.61 Å². The molecular weight excluding hydrogens is 237 g/mol. The second-order valence-electron chi connectivity index (χ2n) is 4.63. The van der Waals surface area contributed by atoms with Gasteiger partial charge < -0.3 is 15.2 Å². The maximum atomic E-state index is 12.7. The summed E-state index contributed by atoms with van der Waals surface area (Å²) >= 11 is 0. The maximum absolute atomic E-state index is 12.7. The van der Waals surface area contributed by atoms with E-state index in [1.54, 1.807) is 12.1 Å². The van der Waals surface area contributed by atoms with Gasteiger partial charge in [0, 0.05) is 12.6 Å². The van der Waals surface area contributed by atoms with Crippen LogP contribution in [0.5, 0.6) is 0 Å². The summed E-state index contributed by atoms with van der Waals surface area (Å²) in [5.74, 6) is 0.169. The van der Waals surface area contributed by atoms with Crippen LogP contribution in [0.1, 0.15) is 18.4 Å². The summed E-state index contributed by atoms with van der Waals surface area (Å²) < 4.78 is 18.2. The molecule has 0 saturated heterocycles. The molecule has 5 heteroatoms. The fourth-order valence-electron chi connectivity index (χ4n) is 2.09. The molecule has 1 aromatic carbocycles. The van der Waals surface area contributed by atoms with Crippen LogP contribution in [0.15, 0.2) is 24.3 Å². The first-order valence-corrected chi connectivity index (χ1v) is 5.95. The van der Waals surface area contributed by atoms with Gasteiger partial charge in [-0.15, -0.1) is 0 Å². The van der Waals surface area contributed by atoms with E-state index in [9.17, 15) is 9.18 Å². The van der Waals surface area contributed by atoms with Crippen molar-refractivity contribution in [3.8, 4) is 0 Å². The molecule has 0 spiro atoms. The predicted molar refractivity (Wildman–Crippen MR) is 63.7 cm³/mol. The average Bonchev–Trinajstić information content (AvgIpc) is 2.27. The Bertz CT molecular complexity index is 401. The second kappa shape index (κ2) is 5.82. The quantitative estimate of drug-likeness (QED) is 0.847. The van der Waals surface area contributed by atoms with Crippen molar-refractivity contribution in [2.24, 2.45) is 5.92 Å². The molecule has 0 aromatic heterocycles. The van der Waals surface area contributed by atoms with E-state index in [2.05, 4.69) is 5.32 Å². The summed E-state index contributed by atoms with van der Waals surface area (Å²) in [6.45, 7) is 1.09. The second-order valence-corrected chi connectivity index (χ2v) is 4.63. The van der Waals surface area contributed by atoms with E-state index in [-0.39, 0.29) is 11.9 Å². The summed E-state index contributed by atoms with van der Waals surface area (Å²) in [4.78, 5) is 10.4. The first kappa shape index (κ1) is 12.8. The van der Waals surface area contributed by atoms with Crippen LogP contribution in [-0.4, -0.2) is 23.8 Å². The van der Waals surface area contributed by atoms with Crippen molar-refractivity contribution in [3.63, 3.8) is 0 Å². The van der Waals surface area contributed by atoms with Gasteiger partial charge in [0.2, 0.25) is 0 Å². The monoisotopic (exact) mass is 253 g/mol. The molecule has 98 valence electrons. The Kier molecular flexibility index (Phi) is 4.15. The fourth-order valence-corrected chi connectivity index (χ4v) is 2.09. The zero-order chi connectivity index (χ0) is 13.0. The first-order valence-electron chi connectivity index (χ1n) is 5.95. The minimum Gasteiger partial charge on any atom is -0.465 e. The van der Waals surface area contributed by atoms with Gasteiger partial charge in [-0.1, -0.05) is 12.1 Å². The van der Waals surface area contributed by atoms with Gasteiger partial charge in [0.05, 0.1) is 6.61 Å². The van der Waals surface area contributed by atoms with Crippen LogP contribution in [-0.2, 0) is 11.3 Å². The van der Waals surface area contributed by atoms with Crippen molar-refractivity contribution < 1.29 is 19.0 Å². The van der Waals surface area contributed by atoms with E-state index >= 15 is 0 Å². The Hall–Kier alpha value is -1.62. The average molecular weight is 253 g/mol. The molecule has 1 aliphatic rings. The van der Waals surface area contributed by atoms with E-state index in [0.29, 0.717) is 19.1 Å². The minimum absolute atomic E-state index is 0.0712. The highest BCUT2D eigenvalue weighted by Crippen LogP contribution is 2.27. The van der Waals surface area contributed by atoms with Crippen molar-refractivity contribution in [3.05, 3.63) is 35.6 Å². The van der Waals surface area contributed by atoms with E-state index in [1.807, 2.05) is 0 Å². The lowest BCUT2D eigenvalue weighted by Crippen LogP contribution is -2.45. The highest BCUT2D eigenvalue weighted by Gasteiger charge is 2.30. The van der Waals surface area contributed by atoms with Crippen molar-refractivity contribution in [2.45, 2.75) is 25.5 Å². The molecule has 0 radical (unpaired) electrons. The van der Waals surface area contributed by atoms with E-state index in [1.165, 1.54) is 12.1 Å². The zero-order valence-electron chi connectivity index (χ0n) is 9.93. The normalized spacial score (nSPS) is 22.3. The Morgan fingerprint density at radius 3 is 2.67 bits per heavy atom. The number of rotatable bonds is 5. The third-order valence-corrected chi connectivity index (χ3v) is 3.10. The third-order valence-electron chi connectivity index (χ3n) is 3.10. The van der Waals surface area contributed by atoms with Gasteiger partial charge in [0.1, 0.15) is 5.82 Å². The molecular formula is C13H16FNO3. The Morgan fingerprint density at radius 1 is 1.39 bits per heavy atom. The summed E-state index contributed by atoms with van der Waals surface area (Å²) in [5, 5.41) is 11.0. The van der Waals surface area contributed by atoms with Gasteiger partial charge in [-0.25, -0.2) is 9.18 Å². The maximum Gasteiger partial charge on any atom is 0.404 e. The number of carbonyl (C=O) groups is 1. The van der Waals surface area contributed by atoms with Gasteiger partial charge in [0.25, 0.3) is 0 Å². The van der Waals surface area contributed by atoms with Gasteiger partial charge in [-0.05, 0) is 36.5 Å². The molecule has 0 atom stereocenters. The number of carboxylic acid groups (broad SMARTS) is 1. The fraction of sp³-hybridized carbons (Fsp3) is 0.462. The molecule has 2 rings (SSSR count). The molecule has 0 unspecified atom stereocenters. The molecule has 4 nitrogen and oxygen atoms in total. The summed E-state index contributed by atoms with van der Waals surface area (Å²) in [5.41, 5.74) is 0.941. The molecule has 1 amide bonds. The SMILES string of the molecule is O=C(O)N[C@H]1C[C@@H](COCc2ccc(F)cc2)C1. The van der Waals surface area contributed by atoms with Gasteiger partial charge in [-0.3, -0.25) is 0 Å². The Labute approximate surface area is 105 Å². The number of benzene rings is 1. The summed E-state index contributed by atoms with van der Waals surface area (Å²) in [6.07, 6.45) is 0.691. The lowest BCUT2D eigenvalue weighted by molar-refractivity contribution is 0.0453. The lowest BCUT2D eigenvalue weighted by atomic mass is 9.81. The van der Waals surface area contributed by atoms with E-state index < -0.39 is 6.09 Å². The lowest BCUT2D eigenvalue weighted by Gasteiger charge is -2.34. The topological polar surface area (TPSA) is 58.6 Å². The van der Waals surface area contributed by atoms with Crippen LogP contribution in [0.3, 0.4) is 0 Å². The first-order chi connectivity index (χ1) is 8.63. The number of hydrogen-bond donors (Lipinski definition) is 2. The smallest absolute Gasteiger partial charge is 0.404 e. The third kappa shape index (κ3) is 3.70. The molecule has 0 heterocycles. The summed E-state index contributed by atoms with van der Waals surface area (Å²) in [7, 11) is 0. The highest BCUT2D eigenvalue weighted by atomic mass is 19.1. The molecule has 2 N–H and O–H groups in total. The van der Waals surface area contributed by atoms with Crippen LogP contribution in [0.2, 0.25) is 0 Å². The molecule has 0 bridgehead atoms. The molecule has 18 heavy (non-hydrogen) atoms. The van der Waals surface area contributed by atoms with E-state index in [0.717, 1.165) is 18.4 Å². The molecule has 1 fully saturated rings. The van der Waals surface area contributed by atoms with Crippen molar-refractivity contribution in [1.82, 2.24) is 5.32 Å².